The molecule has 1 aliphatic heterocycles. The molecule has 110 valence electrons. The molecule has 1 heterocycles. The van der Waals surface area contributed by atoms with E-state index in [2.05, 4.69) is 10.3 Å². The van der Waals surface area contributed by atoms with Crippen LogP contribution in [0.1, 0.15) is 36.5 Å². The van der Waals surface area contributed by atoms with Crippen LogP contribution >= 0.6 is 0 Å². The summed E-state index contributed by atoms with van der Waals surface area (Å²) < 4.78 is 38.5. The van der Waals surface area contributed by atoms with E-state index in [1.165, 1.54) is 19.1 Å². The maximum atomic E-state index is 12.8. The number of alkyl halides is 3. The Kier molecular flexibility index (Phi) is 4.48. The fraction of sp³-hybridized carbons (Fsp3) is 0.533. The van der Waals surface area contributed by atoms with Gasteiger partial charge in [-0.25, -0.2) is 0 Å². The van der Waals surface area contributed by atoms with E-state index in [1.807, 2.05) is 6.92 Å². The number of halogens is 3. The summed E-state index contributed by atoms with van der Waals surface area (Å²) in [5.41, 5.74) is 1.25. The Balaban J connectivity index is 2.12. The molecule has 0 bridgehead atoms. The molecular formula is C15H19F3N2. The van der Waals surface area contributed by atoms with Crippen molar-refractivity contribution in [2.24, 2.45) is 4.99 Å². The Labute approximate surface area is 117 Å². The minimum atomic E-state index is -4.30. The minimum Gasteiger partial charge on any atom is -0.309 e. The monoisotopic (exact) mass is 284 g/mol. The van der Waals surface area contributed by atoms with E-state index in [9.17, 15) is 13.2 Å². The number of aryl methyl sites for hydroxylation is 1. The third kappa shape index (κ3) is 3.60. The molecule has 1 saturated heterocycles. The third-order valence-corrected chi connectivity index (χ3v) is 3.68. The van der Waals surface area contributed by atoms with Crippen LogP contribution in [0.4, 0.5) is 13.2 Å². The molecule has 1 aliphatic rings. The van der Waals surface area contributed by atoms with E-state index in [0.717, 1.165) is 25.1 Å². The number of rotatable bonds is 3. The predicted octanol–water partition coefficient (Wildman–Crippen LogP) is 3.73. The second kappa shape index (κ2) is 5.95. The first-order chi connectivity index (χ1) is 9.38. The summed E-state index contributed by atoms with van der Waals surface area (Å²) in [6.07, 6.45) is -2.12. The lowest BCUT2D eigenvalue weighted by Gasteiger charge is -2.12. The molecule has 1 aromatic carbocycles. The summed E-state index contributed by atoms with van der Waals surface area (Å²) in [6.45, 7) is 4.69. The highest BCUT2D eigenvalue weighted by molar-refractivity contribution is 5.87. The van der Waals surface area contributed by atoms with E-state index in [0.29, 0.717) is 12.1 Å². The van der Waals surface area contributed by atoms with Gasteiger partial charge in [0.1, 0.15) is 0 Å². The second-order valence-electron chi connectivity index (χ2n) is 5.25. The van der Waals surface area contributed by atoms with Gasteiger partial charge in [0.15, 0.2) is 0 Å². The van der Waals surface area contributed by atoms with E-state index >= 15 is 0 Å². The van der Waals surface area contributed by atoms with Gasteiger partial charge >= 0.3 is 6.18 Å². The molecular weight excluding hydrogens is 265 g/mol. The van der Waals surface area contributed by atoms with E-state index < -0.39 is 11.7 Å². The summed E-state index contributed by atoms with van der Waals surface area (Å²) in [6, 6.07) is 4.71. The van der Waals surface area contributed by atoms with Crippen LogP contribution < -0.4 is 5.32 Å². The first kappa shape index (κ1) is 15.0. The highest BCUT2D eigenvalue weighted by Crippen LogP contribution is 2.32. The van der Waals surface area contributed by atoms with Gasteiger partial charge in [0.05, 0.1) is 12.1 Å². The van der Waals surface area contributed by atoms with Crippen LogP contribution in [0.2, 0.25) is 0 Å². The molecule has 2 nitrogen and oxygen atoms in total. The summed E-state index contributed by atoms with van der Waals surface area (Å²) in [4.78, 5) is 4.42. The van der Waals surface area contributed by atoms with Gasteiger partial charge in [-0.1, -0.05) is 12.1 Å². The Hall–Kier alpha value is -1.36. The molecule has 1 N–H and O–H groups in total. The molecule has 0 spiro atoms. The van der Waals surface area contributed by atoms with Crippen molar-refractivity contribution in [3.05, 3.63) is 34.9 Å². The van der Waals surface area contributed by atoms with Gasteiger partial charge in [-0.15, -0.1) is 0 Å². The molecule has 1 unspecified atom stereocenters. The van der Waals surface area contributed by atoms with Crippen LogP contribution in [-0.2, 0) is 12.7 Å². The summed E-state index contributed by atoms with van der Waals surface area (Å²) in [5, 5.41) is 3.33. The normalized spacial score (nSPS) is 20.4. The van der Waals surface area contributed by atoms with Crippen molar-refractivity contribution in [3.8, 4) is 0 Å². The van der Waals surface area contributed by atoms with Gasteiger partial charge in [0.25, 0.3) is 0 Å². The van der Waals surface area contributed by atoms with Crippen LogP contribution in [0.25, 0.3) is 0 Å². The third-order valence-electron chi connectivity index (χ3n) is 3.68. The summed E-state index contributed by atoms with van der Waals surface area (Å²) in [7, 11) is 0. The lowest BCUT2D eigenvalue weighted by atomic mass is 10.0. The maximum absolute atomic E-state index is 12.8. The Morgan fingerprint density at radius 3 is 2.75 bits per heavy atom. The molecule has 2 rings (SSSR count). The van der Waals surface area contributed by atoms with Crippen molar-refractivity contribution in [1.29, 1.82) is 0 Å². The molecule has 1 atom stereocenters. The van der Waals surface area contributed by atoms with Gasteiger partial charge in [-0.05, 0) is 50.4 Å². The van der Waals surface area contributed by atoms with Crippen LogP contribution in [0, 0.1) is 6.92 Å². The topological polar surface area (TPSA) is 24.4 Å². The smallest absolute Gasteiger partial charge is 0.309 e. The second-order valence-corrected chi connectivity index (χ2v) is 5.25. The van der Waals surface area contributed by atoms with E-state index in [-0.39, 0.29) is 11.6 Å². The Morgan fingerprint density at radius 1 is 1.40 bits per heavy atom. The molecule has 5 heteroatoms. The molecule has 0 radical (unpaired) electrons. The Morgan fingerprint density at radius 2 is 2.15 bits per heavy atom. The number of nitrogens with zero attached hydrogens (tertiary/aromatic N) is 1. The zero-order valence-corrected chi connectivity index (χ0v) is 11.7. The SMILES string of the molecule is CC(=NCc1ccc(C)c(C(F)(F)F)c1)C1CCCN1. The van der Waals surface area contributed by atoms with E-state index in [1.54, 1.807) is 6.07 Å². The van der Waals surface area contributed by atoms with Gasteiger partial charge < -0.3 is 5.32 Å². The average Bonchev–Trinajstić information content (AvgIpc) is 2.90. The van der Waals surface area contributed by atoms with Crippen molar-refractivity contribution in [2.45, 2.75) is 45.5 Å². The van der Waals surface area contributed by atoms with Gasteiger partial charge in [0.2, 0.25) is 0 Å². The van der Waals surface area contributed by atoms with Gasteiger partial charge in [-0.3, -0.25) is 4.99 Å². The number of hydrogen-bond acceptors (Lipinski definition) is 2. The van der Waals surface area contributed by atoms with Crippen LogP contribution in [-0.4, -0.2) is 18.3 Å². The van der Waals surface area contributed by atoms with Crippen LogP contribution in [0.3, 0.4) is 0 Å². The fourth-order valence-corrected chi connectivity index (χ4v) is 2.44. The molecule has 0 aliphatic carbocycles. The zero-order valence-electron chi connectivity index (χ0n) is 11.7. The first-order valence-corrected chi connectivity index (χ1v) is 6.79. The highest BCUT2D eigenvalue weighted by atomic mass is 19.4. The number of hydrogen-bond donors (Lipinski definition) is 1. The molecule has 1 aromatic rings. The lowest BCUT2D eigenvalue weighted by Crippen LogP contribution is -2.28. The van der Waals surface area contributed by atoms with E-state index in [4.69, 9.17) is 0 Å². The predicted molar refractivity (Wildman–Crippen MR) is 74.0 cm³/mol. The Bertz CT molecular complexity index is 500. The molecule has 0 saturated carbocycles. The van der Waals surface area contributed by atoms with Gasteiger partial charge in [0, 0.05) is 11.8 Å². The average molecular weight is 284 g/mol. The largest absolute Gasteiger partial charge is 0.416 e. The number of nitrogens with one attached hydrogen (secondary N) is 1. The minimum absolute atomic E-state index is 0.249. The zero-order chi connectivity index (χ0) is 14.8. The highest BCUT2D eigenvalue weighted by Gasteiger charge is 2.32. The first-order valence-electron chi connectivity index (χ1n) is 6.79. The van der Waals surface area contributed by atoms with Crippen LogP contribution in [0.5, 0.6) is 0 Å². The fourth-order valence-electron chi connectivity index (χ4n) is 2.44. The van der Waals surface area contributed by atoms with Crippen molar-refractivity contribution in [2.75, 3.05) is 6.54 Å². The lowest BCUT2D eigenvalue weighted by molar-refractivity contribution is -0.138. The van der Waals surface area contributed by atoms with Crippen molar-refractivity contribution in [3.63, 3.8) is 0 Å². The van der Waals surface area contributed by atoms with Gasteiger partial charge in [-0.2, -0.15) is 13.2 Å². The van der Waals surface area contributed by atoms with Crippen molar-refractivity contribution < 1.29 is 13.2 Å². The standard InChI is InChI=1S/C15H19F3N2/c1-10-5-6-12(8-13(10)15(16,17)18)9-20-11(2)14-4-3-7-19-14/h5-6,8,14,19H,3-4,7,9H2,1-2H3. The molecule has 1 fully saturated rings. The van der Waals surface area contributed by atoms with Crippen molar-refractivity contribution >= 4 is 5.71 Å². The molecule has 0 aromatic heterocycles. The maximum Gasteiger partial charge on any atom is 0.416 e. The summed E-state index contributed by atoms with van der Waals surface area (Å²) in [5.74, 6) is 0. The number of aliphatic imine (C=N–C) groups is 1. The molecule has 0 amide bonds. The van der Waals surface area contributed by atoms with Crippen molar-refractivity contribution in [1.82, 2.24) is 5.32 Å². The quantitative estimate of drug-likeness (QED) is 0.840. The summed E-state index contributed by atoms with van der Waals surface area (Å²) >= 11 is 0. The number of benzene rings is 1. The molecule has 20 heavy (non-hydrogen) atoms. The van der Waals surface area contributed by atoms with Crippen LogP contribution in [0.15, 0.2) is 23.2 Å².